The van der Waals surface area contributed by atoms with Gasteiger partial charge in [0.1, 0.15) is 5.69 Å². The highest BCUT2D eigenvalue weighted by molar-refractivity contribution is 6.03. The number of ether oxygens (including phenoxy) is 1. The van der Waals surface area contributed by atoms with E-state index in [0.29, 0.717) is 29.8 Å². The molecule has 27 heavy (non-hydrogen) atoms. The Morgan fingerprint density at radius 3 is 2.48 bits per heavy atom. The number of carbonyl (C=O) groups excluding carboxylic acids is 2. The van der Waals surface area contributed by atoms with Crippen molar-refractivity contribution in [1.82, 2.24) is 4.98 Å². The van der Waals surface area contributed by atoms with Crippen LogP contribution in [-0.2, 0) is 11.2 Å². The molecular weight excluding hydrogens is 340 g/mol. The minimum absolute atomic E-state index is 0.0922. The molecule has 3 rings (SSSR count). The van der Waals surface area contributed by atoms with E-state index in [1.165, 1.54) is 0 Å². The summed E-state index contributed by atoms with van der Waals surface area (Å²) in [6, 6.07) is 8.33. The molecule has 1 heterocycles. The van der Waals surface area contributed by atoms with Crippen molar-refractivity contribution in [2.45, 2.75) is 39.5 Å². The Bertz CT molecular complexity index is 847. The zero-order valence-electron chi connectivity index (χ0n) is 16.8. The Labute approximate surface area is 160 Å². The van der Waals surface area contributed by atoms with Crippen molar-refractivity contribution in [2.75, 3.05) is 25.6 Å². The number of benzene rings is 1. The number of aromatic nitrogens is 1. The van der Waals surface area contributed by atoms with Crippen LogP contribution in [0.15, 0.2) is 24.3 Å². The molecule has 1 N–H and O–H groups in total. The number of carbonyl (C=O) groups is 2. The first-order valence-corrected chi connectivity index (χ1v) is 9.47. The van der Waals surface area contributed by atoms with Crippen LogP contribution in [0.1, 0.15) is 63.9 Å². The largest absolute Gasteiger partial charge is 0.461 e. The molecule has 1 aliphatic carbocycles. The quantitative estimate of drug-likeness (QED) is 0.807. The SMILES string of the molecule is Cc1c(C(=O)OCC(C)C)[nH]c2c1C(=O)CC(c1ccc(N(C)C)cc1)C2. The summed E-state index contributed by atoms with van der Waals surface area (Å²) in [5.41, 5.74) is 4.93. The maximum atomic E-state index is 12.8. The van der Waals surface area contributed by atoms with E-state index in [0.717, 1.165) is 23.4 Å². The molecule has 1 aliphatic rings. The highest BCUT2D eigenvalue weighted by Gasteiger charge is 2.32. The number of esters is 1. The zero-order valence-corrected chi connectivity index (χ0v) is 16.8. The summed E-state index contributed by atoms with van der Waals surface area (Å²) in [5.74, 6) is 0.110. The van der Waals surface area contributed by atoms with Crippen LogP contribution in [0.4, 0.5) is 5.69 Å². The van der Waals surface area contributed by atoms with Gasteiger partial charge in [-0.05, 0) is 48.4 Å². The molecule has 0 aliphatic heterocycles. The molecule has 0 saturated carbocycles. The molecular formula is C22H28N2O3. The van der Waals surface area contributed by atoms with Crippen molar-refractivity contribution in [3.8, 4) is 0 Å². The Hall–Kier alpha value is -2.56. The van der Waals surface area contributed by atoms with Crippen LogP contribution in [0.25, 0.3) is 0 Å². The van der Waals surface area contributed by atoms with Crippen LogP contribution in [0.5, 0.6) is 0 Å². The second-order valence-corrected chi connectivity index (χ2v) is 7.99. The van der Waals surface area contributed by atoms with Crippen molar-refractivity contribution in [3.05, 3.63) is 52.3 Å². The molecule has 0 amide bonds. The maximum absolute atomic E-state index is 12.8. The standard InChI is InChI=1S/C22H28N2O3/c1-13(2)12-27-22(26)21-14(3)20-18(23-21)10-16(11-19(20)25)15-6-8-17(9-7-15)24(4)5/h6-9,13,16,23H,10-12H2,1-5H3. The van der Waals surface area contributed by atoms with E-state index < -0.39 is 0 Å². The third-order valence-corrected chi connectivity index (χ3v) is 5.12. The molecule has 0 fully saturated rings. The van der Waals surface area contributed by atoms with E-state index in [1.54, 1.807) is 0 Å². The molecule has 5 heteroatoms. The second kappa shape index (κ2) is 7.59. The Morgan fingerprint density at radius 1 is 1.22 bits per heavy atom. The summed E-state index contributed by atoms with van der Waals surface area (Å²) >= 11 is 0. The fourth-order valence-electron chi connectivity index (χ4n) is 3.63. The van der Waals surface area contributed by atoms with Gasteiger partial charge in [-0.3, -0.25) is 4.79 Å². The fraction of sp³-hybridized carbons (Fsp3) is 0.455. The van der Waals surface area contributed by atoms with Crippen LogP contribution in [0, 0.1) is 12.8 Å². The van der Waals surface area contributed by atoms with Gasteiger partial charge in [0.25, 0.3) is 0 Å². The van der Waals surface area contributed by atoms with E-state index in [2.05, 4.69) is 34.1 Å². The van der Waals surface area contributed by atoms with Gasteiger partial charge in [-0.2, -0.15) is 0 Å². The van der Waals surface area contributed by atoms with Gasteiger partial charge < -0.3 is 14.6 Å². The number of rotatable bonds is 5. The highest BCUT2D eigenvalue weighted by atomic mass is 16.5. The molecule has 1 aromatic carbocycles. The zero-order chi connectivity index (χ0) is 19.7. The van der Waals surface area contributed by atoms with Gasteiger partial charge in [-0.25, -0.2) is 4.79 Å². The maximum Gasteiger partial charge on any atom is 0.355 e. The van der Waals surface area contributed by atoms with Crippen molar-refractivity contribution < 1.29 is 14.3 Å². The normalized spacial score (nSPS) is 16.4. The molecule has 0 radical (unpaired) electrons. The molecule has 2 aromatic rings. The minimum Gasteiger partial charge on any atom is -0.461 e. The summed E-state index contributed by atoms with van der Waals surface area (Å²) in [4.78, 5) is 30.4. The first kappa shape index (κ1) is 19.2. The number of aromatic amines is 1. The van der Waals surface area contributed by atoms with Gasteiger partial charge in [0, 0.05) is 37.5 Å². The van der Waals surface area contributed by atoms with Crippen LogP contribution in [0.3, 0.4) is 0 Å². The monoisotopic (exact) mass is 368 g/mol. The average Bonchev–Trinajstić information content (AvgIpc) is 2.97. The lowest BCUT2D eigenvalue weighted by atomic mass is 9.81. The van der Waals surface area contributed by atoms with Crippen molar-refractivity contribution in [1.29, 1.82) is 0 Å². The van der Waals surface area contributed by atoms with E-state index in [9.17, 15) is 9.59 Å². The van der Waals surface area contributed by atoms with Gasteiger partial charge in [0.05, 0.1) is 6.61 Å². The van der Waals surface area contributed by atoms with E-state index >= 15 is 0 Å². The minimum atomic E-state index is -0.379. The highest BCUT2D eigenvalue weighted by Crippen LogP contribution is 2.35. The number of nitrogens with one attached hydrogen (secondary N) is 1. The molecule has 0 saturated heterocycles. The number of hydrogen-bond donors (Lipinski definition) is 1. The molecule has 5 nitrogen and oxygen atoms in total. The number of ketones is 1. The van der Waals surface area contributed by atoms with Crippen molar-refractivity contribution >= 4 is 17.4 Å². The molecule has 1 aromatic heterocycles. The third-order valence-electron chi connectivity index (χ3n) is 5.12. The lowest BCUT2D eigenvalue weighted by Crippen LogP contribution is -2.18. The number of Topliss-reactive ketones (excluding diaryl/α,β-unsaturated/α-hetero) is 1. The number of fused-ring (bicyclic) bond motifs is 1. The topological polar surface area (TPSA) is 62.4 Å². The Balaban J connectivity index is 1.84. The van der Waals surface area contributed by atoms with Gasteiger partial charge in [-0.1, -0.05) is 26.0 Å². The van der Waals surface area contributed by atoms with E-state index in [-0.39, 0.29) is 23.6 Å². The number of H-pyrrole nitrogens is 1. The molecule has 1 unspecified atom stereocenters. The summed E-state index contributed by atoms with van der Waals surface area (Å²) in [5, 5.41) is 0. The van der Waals surface area contributed by atoms with Gasteiger partial charge >= 0.3 is 5.97 Å². The fourth-order valence-corrected chi connectivity index (χ4v) is 3.63. The molecule has 144 valence electrons. The second-order valence-electron chi connectivity index (χ2n) is 7.99. The van der Waals surface area contributed by atoms with Crippen molar-refractivity contribution in [2.24, 2.45) is 5.92 Å². The smallest absolute Gasteiger partial charge is 0.355 e. The predicted molar refractivity (Wildman–Crippen MR) is 107 cm³/mol. The van der Waals surface area contributed by atoms with E-state index in [4.69, 9.17) is 4.74 Å². The van der Waals surface area contributed by atoms with Crippen molar-refractivity contribution in [3.63, 3.8) is 0 Å². The lowest BCUT2D eigenvalue weighted by molar-refractivity contribution is 0.0451. The Morgan fingerprint density at radius 2 is 1.89 bits per heavy atom. The summed E-state index contributed by atoms with van der Waals surface area (Å²) in [6.45, 7) is 6.19. The summed E-state index contributed by atoms with van der Waals surface area (Å²) in [6.07, 6.45) is 1.19. The molecule has 0 spiro atoms. The van der Waals surface area contributed by atoms with Crippen LogP contribution < -0.4 is 4.90 Å². The number of nitrogens with zero attached hydrogens (tertiary/aromatic N) is 1. The number of hydrogen-bond acceptors (Lipinski definition) is 4. The summed E-state index contributed by atoms with van der Waals surface area (Å²) < 4.78 is 5.34. The van der Waals surface area contributed by atoms with Gasteiger partial charge in [-0.15, -0.1) is 0 Å². The van der Waals surface area contributed by atoms with E-state index in [1.807, 2.05) is 34.9 Å². The third kappa shape index (κ3) is 3.92. The first-order chi connectivity index (χ1) is 12.8. The van der Waals surface area contributed by atoms with Crippen LogP contribution in [-0.4, -0.2) is 37.4 Å². The van der Waals surface area contributed by atoms with Crippen LogP contribution in [0.2, 0.25) is 0 Å². The first-order valence-electron chi connectivity index (χ1n) is 9.47. The predicted octanol–water partition coefficient (Wildman–Crippen LogP) is 4.11. The van der Waals surface area contributed by atoms with Gasteiger partial charge in [0.15, 0.2) is 5.78 Å². The van der Waals surface area contributed by atoms with Crippen LogP contribution >= 0.6 is 0 Å². The summed E-state index contributed by atoms with van der Waals surface area (Å²) in [7, 11) is 4.01. The average molecular weight is 368 g/mol. The molecule has 1 atom stereocenters. The Kier molecular flexibility index (Phi) is 5.40. The van der Waals surface area contributed by atoms with Gasteiger partial charge in [0.2, 0.25) is 0 Å². The molecule has 0 bridgehead atoms. The lowest BCUT2D eigenvalue weighted by Gasteiger charge is -2.23. The number of anilines is 1.